The summed E-state index contributed by atoms with van der Waals surface area (Å²) in [5, 5.41) is 24.2. The minimum absolute atomic E-state index is 0.00399. The molecular weight excluding hydrogens is 469 g/mol. The van der Waals surface area contributed by atoms with Gasteiger partial charge >= 0.3 is 5.97 Å². The number of rotatable bonds is 8. The summed E-state index contributed by atoms with van der Waals surface area (Å²) in [6, 6.07) is 9.07. The number of nitrogens with two attached hydrogens (primary N) is 1. The molecule has 0 bridgehead atoms. The van der Waals surface area contributed by atoms with Crippen LogP contribution in [0.2, 0.25) is 0 Å². The van der Waals surface area contributed by atoms with Crippen molar-refractivity contribution in [3.8, 4) is 22.9 Å². The number of piperidine rings is 1. The number of amides is 1. The average Bonchev–Trinajstić information content (AvgIpc) is 3.52. The zero-order chi connectivity index (χ0) is 25.9. The van der Waals surface area contributed by atoms with Crippen molar-refractivity contribution in [3.05, 3.63) is 59.8 Å². The van der Waals surface area contributed by atoms with Crippen molar-refractivity contribution < 1.29 is 28.2 Å². The van der Waals surface area contributed by atoms with Crippen LogP contribution in [0.4, 0.5) is 4.39 Å². The third-order valence-corrected chi connectivity index (χ3v) is 6.60. The summed E-state index contributed by atoms with van der Waals surface area (Å²) in [4.78, 5) is 25.6. The van der Waals surface area contributed by atoms with Gasteiger partial charge in [-0.2, -0.15) is 10.4 Å². The van der Waals surface area contributed by atoms with Gasteiger partial charge in [0.05, 0.1) is 49.8 Å². The van der Waals surface area contributed by atoms with E-state index in [1.807, 2.05) is 17.0 Å². The van der Waals surface area contributed by atoms with Gasteiger partial charge in [-0.3, -0.25) is 19.2 Å². The van der Waals surface area contributed by atoms with E-state index in [2.05, 4.69) is 9.84 Å². The minimum atomic E-state index is -1.50. The number of primary amides is 1. The molecule has 3 N–H and O–H groups in total. The van der Waals surface area contributed by atoms with Crippen molar-refractivity contribution in [1.29, 1.82) is 5.26 Å². The Labute approximate surface area is 206 Å². The molecule has 0 spiro atoms. The number of ether oxygens (including phenoxy) is 1. The Morgan fingerprint density at radius 2 is 2.22 bits per heavy atom. The van der Waals surface area contributed by atoms with Gasteiger partial charge in [0, 0.05) is 37.0 Å². The fourth-order valence-corrected chi connectivity index (χ4v) is 4.59. The zero-order valence-electron chi connectivity index (χ0n) is 19.7. The van der Waals surface area contributed by atoms with Crippen LogP contribution in [0.25, 0.3) is 11.1 Å². The summed E-state index contributed by atoms with van der Waals surface area (Å²) in [7, 11) is 1.21. The number of nitrogens with zero attached hydrogens (tertiary/aromatic N) is 4. The first-order valence-electron chi connectivity index (χ1n) is 11.3. The van der Waals surface area contributed by atoms with E-state index in [1.54, 1.807) is 18.2 Å². The van der Waals surface area contributed by atoms with Gasteiger partial charge < -0.3 is 20.0 Å². The SMILES string of the molecule is COC(=O)Cc1nn(C2(CC#N)CCN(Cc3ccc(-c4ccoc4)c(O)c3)CC2F)cc1C(N)=O. The highest BCUT2D eigenvalue weighted by atomic mass is 19.1. The topological polar surface area (TPSA) is 148 Å². The lowest BCUT2D eigenvalue weighted by Crippen LogP contribution is -2.54. The lowest BCUT2D eigenvalue weighted by molar-refractivity contribution is -0.139. The molecule has 0 radical (unpaired) electrons. The second-order valence-electron chi connectivity index (χ2n) is 8.81. The molecule has 3 aromatic rings. The highest BCUT2D eigenvalue weighted by Crippen LogP contribution is 2.37. The molecule has 10 nitrogen and oxygen atoms in total. The smallest absolute Gasteiger partial charge is 0.311 e. The Morgan fingerprint density at radius 1 is 1.42 bits per heavy atom. The number of aromatic hydroxyl groups is 1. The van der Waals surface area contributed by atoms with Crippen LogP contribution in [0.5, 0.6) is 5.75 Å². The fraction of sp³-hybridized carbons (Fsp3) is 0.360. The predicted octanol–water partition coefficient (Wildman–Crippen LogP) is 2.52. The molecule has 4 rings (SSSR count). The van der Waals surface area contributed by atoms with E-state index >= 15 is 4.39 Å². The van der Waals surface area contributed by atoms with Gasteiger partial charge in [-0.1, -0.05) is 12.1 Å². The molecule has 0 saturated carbocycles. The zero-order valence-corrected chi connectivity index (χ0v) is 19.7. The van der Waals surface area contributed by atoms with Crippen molar-refractivity contribution in [1.82, 2.24) is 14.7 Å². The largest absolute Gasteiger partial charge is 0.507 e. The number of alkyl halides is 1. The maximum absolute atomic E-state index is 15.8. The molecule has 2 atom stereocenters. The van der Waals surface area contributed by atoms with Crippen LogP contribution in [0.3, 0.4) is 0 Å². The Balaban J connectivity index is 1.54. The highest BCUT2D eigenvalue weighted by molar-refractivity contribution is 5.94. The number of hydrogen-bond donors (Lipinski definition) is 2. The number of likely N-dealkylation sites (tertiary alicyclic amines) is 1. The number of phenols is 1. The Kier molecular flexibility index (Phi) is 7.07. The lowest BCUT2D eigenvalue weighted by Gasteiger charge is -2.43. The van der Waals surface area contributed by atoms with Crippen LogP contribution in [-0.4, -0.2) is 58.0 Å². The standard InChI is InChI=1S/C25H26FN5O5/c1-35-23(33)11-20-19(24(28)34)13-31(29-20)25(5-7-27)6-8-30(14-22(25)26)12-16-2-3-18(21(32)10-16)17-4-9-36-15-17/h2-4,9-10,13,15,22,32H,5-6,8,11-12,14H2,1H3,(H2,28,34). The molecule has 1 aliphatic heterocycles. The molecule has 2 aromatic heterocycles. The summed E-state index contributed by atoms with van der Waals surface area (Å²) < 4.78 is 26.8. The first-order valence-corrected chi connectivity index (χ1v) is 11.3. The molecule has 0 aliphatic carbocycles. The second-order valence-corrected chi connectivity index (χ2v) is 8.81. The summed E-state index contributed by atoms with van der Waals surface area (Å²) >= 11 is 0. The maximum atomic E-state index is 15.8. The molecule has 1 saturated heterocycles. The van der Waals surface area contributed by atoms with E-state index in [-0.39, 0.29) is 42.8 Å². The van der Waals surface area contributed by atoms with Crippen LogP contribution in [0.15, 0.2) is 47.4 Å². The number of benzene rings is 1. The van der Waals surface area contributed by atoms with Gasteiger partial charge in [-0.15, -0.1) is 0 Å². The average molecular weight is 496 g/mol. The number of halogens is 1. The number of phenolic OH excluding ortho intramolecular Hbond substituents is 1. The highest BCUT2D eigenvalue weighted by Gasteiger charge is 2.46. The number of nitriles is 1. The molecule has 1 aliphatic rings. The first kappa shape index (κ1) is 24.9. The third-order valence-electron chi connectivity index (χ3n) is 6.60. The Morgan fingerprint density at radius 3 is 2.83 bits per heavy atom. The van der Waals surface area contributed by atoms with Gasteiger partial charge in [0.25, 0.3) is 5.91 Å². The van der Waals surface area contributed by atoms with Crippen molar-refractivity contribution >= 4 is 11.9 Å². The van der Waals surface area contributed by atoms with E-state index in [9.17, 15) is 20.0 Å². The van der Waals surface area contributed by atoms with E-state index < -0.39 is 23.6 Å². The Bertz CT molecular complexity index is 1300. The number of carbonyl (C=O) groups is 2. The van der Waals surface area contributed by atoms with Crippen LogP contribution >= 0.6 is 0 Å². The number of methoxy groups -OCH3 is 1. The molecule has 1 aromatic carbocycles. The third kappa shape index (κ3) is 4.81. The van der Waals surface area contributed by atoms with Gasteiger partial charge in [-0.25, -0.2) is 4.39 Å². The van der Waals surface area contributed by atoms with Gasteiger partial charge in [0.2, 0.25) is 0 Å². The summed E-state index contributed by atoms with van der Waals surface area (Å²) in [5.74, 6) is -1.33. The molecule has 1 fully saturated rings. The lowest BCUT2D eigenvalue weighted by atomic mass is 9.83. The summed E-state index contributed by atoms with van der Waals surface area (Å²) in [6.07, 6.45) is 2.63. The van der Waals surface area contributed by atoms with E-state index in [0.29, 0.717) is 18.7 Å². The number of furan rings is 1. The van der Waals surface area contributed by atoms with Crippen LogP contribution in [0, 0.1) is 11.3 Å². The number of carbonyl (C=O) groups excluding carboxylic acids is 2. The molecule has 2 unspecified atom stereocenters. The van der Waals surface area contributed by atoms with E-state index in [1.165, 1.54) is 30.5 Å². The van der Waals surface area contributed by atoms with Crippen LogP contribution in [0.1, 0.15) is 34.5 Å². The summed E-state index contributed by atoms with van der Waals surface area (Å²) in [6.45, 7) is 0.829. The molecule has 1 amide bonds. The quantitative estimate of drug-likeness (QED) is 0.453. The maximum Gasteiger partial charge on any atom is 0.311 e. The Hall–Kier alpha value is -4.17. The normalized spacial score (nSPS) is 20.1. The molecular formula is C25H26FN5O5. The molecule has 3 heterocycles. The van der Waals surface area contributed by atoms with Gasteiger partial charge in [-0.05, 0) is 24.1 Å². The second kappa shape index (κ2) is 10.2. The van der Waals surface area contributed by atoms with Gasteiger partial charge in [0.15, 0.2) is 0 Å². The van der Waals surface area contributed by atoms with E-state index in [0.717, 1.165) is 11.1 Å². The number of esters is 1. The molecule has 36 heavy (non-hydrogen) atoms. The van der Waals surface area contributed by atoms with Crippen LogP contribution < -0.4 is 5.73 Å². The van der Waals surface area contributed by atoms with Crippen molar-refractivity contribution in [2.75, 3.05) is 20.2 Å². The van der Waals surface area contributed by atoms with Crippen LogP contribution in [-0.2, 0) is 28.0 Å². The monoisotopic (exact) mass is 495 g/mol. The number of hydrogen-bond acceptors (Lipinski definition) is 8. The van der Waals surface area contributed by atoms with Crippen molar-refractivity contribution in [2.24, 2.45) is 5.73 Å². The van der Waals surface area contributed by atoms with Gasteiger partial charge in [0.1, 0.15) is 17.5 Å². The fourth-order valence-electron chi connectivity index (χ4n) is 4.59. The predicted molar refractivity (Wildman–Crippen MR) is 125 cm³/mol. The minimum Gasteiger partial charge on any atom is -0.507 e. The van der Waals surface area contributed by atoms with E-state index in [4.69, 9.17) is 10.2 Å². The first-order chi connectivity index (χ1) is 17.3. The van der Waals surface area contributed by atoms with Crippen molar-refractivity contribution in [3.63, 3.8) is 0 Å². The molecule has 188 valence electrons. The molecule has 11 heteroatoms. The number of aromatic nitrogens is 2. The summed E-state index contributed by atoms with van der Waals surface area (Å²) in [5.41, 5.74) is 6.38. The van der Waals surface area contributed by atoms with Crippen molar-refractivity contribution in [2.45, 2.75) is 37.5 Å².